The summed E-state index contributed by atoms with van der Waals surface area (Å²) < 4.78 is 2.17. The number of rotatable bonds is 6. The number of nitrogens with zero attached hydrogens (tertiary/aromatic N) is 4. The van der Waals surface area contributed by atoms with Crippen molar-refractivity contribution in [1.29, 1.82) is 0 Å². The number of nitrogen functional groups attached to an aromatic ring is 1. The van der Waals surface area contributed by atoms with E-state index in [4.69, 9.17) is 10.7 Å². The van der Waals surface area contributed by atoms with E-state index in [1.54, 1.807) is 18.2 Å². The number of carbonyl (C=O) groups excluding carboxylic acids is 1. The van der Waals surface area contributed by atoms with Crippen molar-refractivity contribution in [2.45, 2.75) is 13.1 Å². The molecule has 0 saturated heterocycles. The Bertz CT molecular complexity index is 1810. The lowest BCUT2D eigenvalue weighted by molar-refractivity contribution is 0.103. The Hall–Kier alpha value is -4.67. The Kier molecular flexibility index (Phi) is 5.75. The molecule has 0 aliphatic carbocycles. The van der Waals surface area contributed by atoms with E-state index in [1.807, 2.05) is 35.8 Å². The molecular weight excluding hydrogens is 527 g/mol. The number of para-hydroxylation sites is 2. The molecule has 6 aromatic rings. The topological polar surface area (TPSA) is 101 Å². The summed E-state index contributed by atoms with van der Waals surface area (Å²) in [7, 11) is 0. The number of aromatic nitrogens is 3. The number of nitrogens with one attached hydrogen (secondary N) is 2. The number of imidazole rings is 1. The highest BCUT2D eigenvalue weighted by molar-refractivity contribution is 7.19. The van der Waals surface area contributed by atoms with Gasteiger partial charge in [-0.1, -0.05) is 42.5 Å². The standard InChI is InChI=1S/C29H23N7OS2/c30-20-8-3-4-9-21(20)32-28(37)24-12-13-26(39-24)34-29-33-22(17-38-29)23-14-31-25-10-5-11-27(36(23)25)35-15-18-6-1-2-7-19(18)16-35/h1-14,17H,15-16,30H2,(H,32,37)(H,33,34). The van der Waals surface area contributed by atoms with Gasteiger partial charge in [-0.15, -0.1) is 22.7 Å². The average molecular weight is 550 g/mol. The van der Waals surface area contributed by atoms with Crippen LogP contribution in [0.4, 0.5) is 27.3 Å². The number of nitrogens with two attached hydrogens (primary N) is 1. The molecule has 2 aromatic carbocycles. The van der Waals surface area contributed by atoms with Crippen LogP contribution in [-0.4, -0.2) is 20.3 Å². The molecule has 0 radical (unpaired) electrons. The summed E-state index contributed by atoms with van der Waals surface area (Å²) in [6, 6.07) is 25.7. The number of fused-ring (bicyclic) bond motifs is 2. The van der Waals surface area contributed by atoms with Crippen molar-refractivity contribution in [1.82, 2.24) is 14.4 Å². The average Bonchev–Trinajstić information content (AvgIpc) is 3.75. The third-order valence-electron chi connectivity index (χ3n) is 6.71. The molecular formula is C29H23N7OS2. The third-order valence-corrected chi connectivity index (χ3v) is 8.47. The van der Waals surface area contributed by atoms with Crippen molar-refractivity contribution in [2.75, 3.05) is 21.3 Å². The van der Waals surface area contributed by atoms with Crippen LogP contribution in [0.2, 0.25) is 0 Å². The van der Waals surface area contributed by atoms with Crippen LogP contribution in [-0.2, 0) is 13.1 Å². The first kappa shape index (κ1) is 23.4. The van der Waals surface area contributed by atoms with Crippen molar-refractivity contribution in [3.63, 3.8) is 0 Å². The minimum Gasteiger partial charge on any atom is -0.397 e. The first-order chi connectivity index (χ1) is 19.1. The molecule has 1 aliphatic heterocycles. The molecule has 0 atom stereocenters. The van der Waals surface area contributed by atoms with Gasteiger partial charge in [0.25, 0.3) is 5.91 Å². The second-order valence-electron chi connectivity index (χ2n) is 9.21. The molecule has 39 heavy (non-hydrogen) atoms. The van der Waals surface area contributed by atoms with Gasteiger partial charge in [0.1, 0.15) is 17.2 Å². The van der Waals surface area contributed by atoms with Crippen LogP contribution in [0.1, 0.15) is 20.8 Å². The molecule has 10 heteroatoms. The molecule has 1 aliphatic rings. The molecule has 5 heterocycles. The van der Waals surface area contributed by atoms with Crippen molar-refractivity contribution < 1.29 is 4.79 Å². The van der Waals surface area contributed by atoms with Gasteiger partial charge in [0.15, 0.2) is 5.13 Å². The van der Waals surface area contributed by atoms with E-state index >= 15 is 0 Å². The van der Waals surface area contributed by atoms with Crippen LogP contribution in [0, 0.1) is 0 Å². The number of thiophene rings is 1. The molecule has 0 fully saturated rings. The number of pyridine rings is 1. The lowest BCUT2D eigenvalue weighted by Crippen LogP contribution is -2.18. The zero-order chi connectivity index (χ0) is 26.3. The van der Waals surface area contributed by atoms with E-state index in [-0.39, 0.29) is 5.91 Å². The maximum Gasteiger partial charge on any atom is 0.265 e. The Morgan fingerprint density at radius 3 is 2.54 bits per heavy atom. The number of thiazole rings is 1. The van der Waals surface area contributed by atoms with Gasteiger partial charge in [-0.3, -0.25) is 9.20 Å². The number of carbonyl (C=O) groups is 1. The Labute approximate surface area is 232 Å². The van der Waals surface area contributed by atoms with Crippen LogP contribution in [0.25, 0.3) is 17.0 Å². The normalized spacial score (nSPS) is 12.6. The van der Waals surface area contributed by atoms with Crippen molar-refractivity contribution in [3.05, 3.63) is 106 Å². The fraction of sp³-hybridized carbons (Fsp3) is 0.0690. The van der Waals surface area contributed by atoms with Gasteiger partial charge in [-0.25, -0.2) is 9.97 Å². The molecule has 8 nitrogen and oxygen atoms in total. The zero-order valence-corrected chi connectivity index (χ0v) is 22.3. The predicted octanol–water partition coefficient (Wildman–Crippen LogP) is 6.62. The van der Waals surface area contributed by atoms with E-state index in [2.05, 4.69) is 61.3 Å². The van der Waals surface area contributed by atoms with Gasteiger partial charge in [-0.05, 0) is 47.5 Å². The zero-order valence-electron chi connectivity index (χ0n) is 20.7. The highest BCUT2D eigenvalue weighted by Crippen LogP contribution is 2.34. The van der Waals surface area contributed by atoms with Gasteiger partial charge in [0.2, 0.25) is 0 Å². The summed E-state index contributed by atoms with van der Waals surface area (Å²) in [5, 5.41) is 9.82. The third kappa shape index (κ3) is 4.39. The van der Waals surface area contributed by atoms with Crippen LogP contribution >= 0.6 is 22.7 Å². The smallest absolute Gasteiger partial charge is 0.265 e. The Balaban J connectivity index is 1.12. The van der Waals surface area contributed by atoms with Crippen molar-refractivity contribution in [2.24, 2.45) is 0 Å². The largest absolute Gasteiger partial charge is 0.397 e. The minimum atomic E-state index is -0.201. The minimum absolute atomic E-state index is 0.201. The summed E-state index contributed by atoms with van der Waals surface area (Å²) in [5.41, 5.74) is 12.5. The number of amides is 1. The van der Waals surface area contributed by atoms with E-state index in [0.717, 1.165) is 46.1 Å². The fourth-order valence-corrected chi connectivity index (χ4v) is 6.40. The first-order valence-electron chi connectivity index (χ1n) is 12.4. The van der Waals surface area contributed by atoms with E-state index in [9.17, 15) is 4.79 Å². The van der Waals surface area contributed by atoms with Crippen LogP contribution in [0.15, 0.2) is 90.4 Å². The van der Waals surface area contributed by atoms with E-state index < -0.39 is 0 Å². The molecule has 4 aromatic heterocycles. The maximum absolute atomic E-state index is 12.7. The van der Waals surface area contributed by atoms with E-state index in [0.29, 0.717) is 16.3 Å². The van der Waals surface area contributed by atoms with Crippen molar-refractivity contribution in [3.8, 4) is 11.4 Å². The first-order valence-corrected chi connectivity index (χ1v) is 14.1. The second-order valence-corrected chi connectivity index (χ2v) is 11.2. The van der Waals surface area contributed by atoms with Gasteiger partial charge < -0.3 is 21.3 Å². The molecule has 0 spiro atoms. The summed E-state index contributed by atoms with van der Waals surface area (Å²) in [4.78, 5) is 25.2. The quantitative estimate of drug-likeness (QED) is 0.202. The monoisotopic (exact) mass is 549 g/mol. The van der Waals surface area contributed by atoms with Gasteiger partial charge in [0, 0.05) is 18.5 Å². The number of hydrogen-bond acceptors (Lipinski definition) is 8. The molecule has 192 valence electrons. The molecule has 0 saturated carbocycles. The van der Waals surface area contributed by atoms with Gasteiger partial charge in [0.05, 0.1) is 33.1 Å². The summed E-state index contributed by atoms with van der Waals surface area (Å²) in [5.74, 6) is 0.889. The Morgan fingerprint density at radius 2 is 1.72 bits per heavy atom. The fourth-order valence-electron chi connectivity index (χ4n) is 4.82. The summed E-state index contributed by atoms with van der Waals surface area (Å²) in [6.07, 6.45) is 1.88. The molecule has 7 rings (SSSR count). The highest BCUT2D eigenvalue weighted by Gasteiger charge is 2.22. The van der Waals surface area contributed by atoms with E-state index in [1.165, 1.54) is 33.8 Å². The SMILES string of the molecule is Nc1ccccc1NC(=O)c1ccc(Nc2nc(-c3cnc4cccc(N5Cc6ccccc6C5)n34)cs2)s1. The summed E-state index contributed by atoms with van der Waals surface area (Å²) in [6.45, 7) is 1.73. The molecule has 1 amide bonds. The maximum atomic E-state index is 12.7. The van der Waals surface area contributed by atoms with Crippen molar-refractivity contribution >= 4 is 61.6 Å². The van der Waals surface area contributed by atoms with Crippen LogP contribution in [0.3, 0.4) is 0 Å². The lowest BCUT2D eigenvalue weighted by atomic mass is 10.1. The summed E-state index contributed by atoms with van der Waals surface area (Å²) >= 11 is 2.88. The molecule has 0 bridgehead atoms. The Morgan fingerprint density at radius 1 is 0.923 bits per heavy atom. The number of benzene rings is 2. The van der Waals surface area contributed by atoms with Crippen LogP contribution < -0.4 is 21.3 Å². The molecule has 4 N–H and O–H groups in total. The molecule has 0 unspecified atom stereocenters. The van der Waals surface area contributed by atoms with Gasteiger partial charge in [-0.2, -0.15) is 0 Å². The number of anilines is 5. The predicted molar refractivity (Wildman–Crippen MR) is 159 cm³/mol. The highest BCUT2D eigenvalue weighted by atomic mass is 32.1. The van der Waals surface area contributed by atoms with Gasteiger partial charge >= 0.3 is 0 Å². The second kappa shape index (κ2) is 9.57. The lowest BCUT2D eigenvalue weighted by Gasteiger charge is -2.20. The van der Waals surface area contributed by atoms with Crippen LogP contribution in [0.5, 0.6) is 0 Å². The number of hydrogen-bond donors (Lipinski definition) is 3.